The van der Waals surface area contributed by atoms with Gasteiger partial charge >= 0.3 is 23.9 Å². The maximum atomic E-state index is 10.3. The number of aliphatic carboxylic acids is 4. The number of hydrogen-bond donors (Lipinski definition) is 7. The van der Waals surface area contributed by atoms with E-state index in [0.29, 0.717) is 32.1 Å². The van der Waals surface area contributed by atoms with E-state index in [4.69, 9.17) is 35.7 Å². The molecule has 0 aliphatic rings. The number of hydrogen-bond acceptors (Lipinski definition) is 7. The lowest BCUT2D eigenvalue weighted by Crippen LogP contribution is -2.32. The minimum absolute atomic E-state index is 0.156. The summed E-state index contributed by atoms with van der Waals surface area (Å²) in [6.45, 7) is 19.8. The second kappa shape index (κ2) is 80.0. The van der Waals surface area contributed by atoms with Crippen LogP contribution in [0.2, 0.25) is 0 Å². The molecule has 0 unspecified atom stereocenters. The summed E-state index contributed by atoms with van der Waals surface area (Å²) in [7, 11) is 0. The van der Waals surface area contributed by atoms with Crippen molar-refractivity contribution in [3.8, 4) is 0 Å². The maximum Gasteiger partial charge on any atom is 0.303 e. The van der Waals surface area contributed by atoms with Gasteiger partial charge in [-0.2, -0.15) is 0 Å². The van der Waals surface area contributed by atoms with E-state index in [1.165, 1.54) is 283 Å². The Morgan fingerprint density at radius 1 is 0.225 bits per heavy atom. The van der Waals surface area contributed by atoms with Gasteiger partial charge in [-0.1, -0.05) is 371 Å². The number of carboxylic acids is 4. The van der Waals surface area contributed by atoms with Gasteiger partial charge in [0.15, 0.2) is 0 Å². The topological polar surface area (TPSA) is 210 Å². The SMILES string of the molecule is CC(C)CCCCCCCCCCCCCCC(=O)O.CC(C)CCCCCCCCCCCCCCC(=O)O.CC(C)CCCCCCCCCCCCCCC(=O)O.CC(C)CCCCCCCCCCCCCCC(=O)O.CCC(CO)(CO)CO. The van der Waals surface area contributed by atoms with Crippen LogP contribution in [-0.4, -0.2) is 79.4 Å². The van der Waals surface area contributed by atoms with Gasteiger partial charge in [-0.15, -0.1) is 0 Å². The summed E-state index contributed by atoms with van der Waals surface area (Å²) in [4.78, 5) is 41.3. The Hall–Kier alpha value is -2.24. The number of aliphatic hydroxyl groups excluding tert-OH is 3. The van der Waals surface area contributed by atoms with Crippen molar-refractivity contribution in [3.63, 3.8) is 0 Å². The second-order valence-corrected chi connectivity index (χ2v) is 28.6. The smallest absolute Gasteiger partial charge is 0.303 e. The van der Waals surface area contributed by atoms with E-state index in [-0.39, 0.29) is 19.8 Å². The third kappa shape index (κ3) is 99.5. The van der Waals surface area contributed by atoms with Crippen molar-refractivity contribution in [2.75, 3.05) is 19.8 Å². The average molecular weight is 1270 g/mol. The molecular formula is C78H158O11. The van der Waals surface area contributed by atoms with Gasteiger partial charge in [0.05, 0.1) is 19.8 Å². The first-order chi connectivity index (χ1) is 42.7. The van der Waals surface area contributed by atoms with E-state index in [1.54, 1.807) is 0 Å². The van der Waals surface area contributed by atoms with E-state index >= 15 is 0 Å². The first kappa shape index (κ1) is 95.5. The molecule has 0 fully saturated rings. The minimum atomic E-state index is -0.667. The van der Waals surface area contributed by atoms with Crippen LogP contribution in [0, 0.1) is 29.1 Å². The quantitative estimate of drug-likeness (QED) is 0.0285. The van der Waals surface area contributed by atoms with Crippen molar-refractivity contribution in [2.24, 2.45) is 29.1 Å². The van der Waals surface area contributed by atoms with Crippen molar-refractivity contribution in [2.45, 2.75) is 428 Å². The summed E-state index contributed by atoms with van der Waals surface area (Å²) in [5.74, 6) is 0.848. The molecule has 0 atom stereocenters. The molecule has 0 amide bonds. The van der Waals surface area contributed by atoms with Crippen molar-refractivity contribution < 1.29 is 54.9 Å². The number of carbonyl (C=O) groups is 4. The number of aliphatic hydroxyl groups is 3. The van der Waals surface area contributed by atoms with Crippen molar-refractivity contribution in [3.05, 3.63) is 0 Å². The molecular weight excluding hydrogens is 1110 g/mol. The van der Waals surface area contributed by atoms with Gasteiger partial charge in [0.25, 0.3) is 0 Å². The molecule has 0 spiro atoms. The highest BCUT2D eigenvalue weighted by Gasteiger charge is 2.25. The van der Waals surface area contributed by atoms with Crippen molar-refractivity contribution >= 4 is 23.9 Å². The van der Waals surface area contributed by atoms with Crippen LogP contribution in [-0.2, 0) is 19.2 Å². The molecule has 0 saturated heterocycles. The first-order valence-corrected chi connectivity index (χ1v) is 38.4. The molecule has 0 aliphatic carbocycles. The first-order valence-electron chi connectivity index (χ1n) is 38.4. The Kier molecular flexibility index (Phi) is 85.8. The van der Waals surface area contributed by atoms with E-state index < -0.39 is 29.3 Å². The van der Waals surface area contributed by atoms with E-state index in [2.05, 4.69) is 55.4 Å². The largest absolute Gasteiger partial charge is 0.481 e. The highest BCUT2D eigenvalue weighted by Crippen LogP contribution is 2.21. The number of carboxylic acid groups (broad SMARTS) is 4. The molecule has 0 aromatic heterocycles. The molecule has 0 aromatic rings. The highest BCUT2D eigenvalue weighted by molar-refractivity contribution is 5.67. The molecule has 0 aromatic carbocycles. The third-order valence-corrected chi connectivity index (χ3v) is 17.4. The lowest BCUT2D eigenvalue weighted by Gasteiger charge is -2.24. The number of unbranched alkanes of at least 4 members (excludes halogenated alkanes) is 44. The summed E-state index contributed by atoms with van der Waals surface area (Å²) in [5.41, 5.74) is -0.667. The predicted octanol–water partition coefficient (Wildman–Crippen LogP) is 24.1. The highest BCUT2D eigenvalue weighted by atomic mass is 16.4. The van der Waals surface area contributed by atoms with Gasteiger partial charge < -0.3 is 35.7 Å². The summed E-state index contributed by atoms with van der Waals surface area (Å²) in [6.07, 6.45) is 69.9. The van der Waals surface area contributed by atoms with E-state index in [0.717, 1.165) is 75.0 Å². The molecule has 0 rings (SSSR count). The lowest BCUT2D eigenvalue weighted by molar-refractivity contribution is -0.138. The van der Waals surface area contributed by atoms with Gasteiger partial charge in [0, 0.05) is 31.1 Å². The molecule has 11 nitrogen and oxygen atoms in total. The van der Waals surface area contributed by atoms with E-state index in [9.17, 15) is 19.2 Å². The molecule has 0 heterocycles. The predicted molar refractivity (Wildman–Crippen MR) is 382 cm³/mol. The lowest BCUT2D eigenvalue weighted by atomic mass is 9.88. The minimum Gasteiger partial charge on any atom is -0.481 e. The van der Waals surface area contributed by atoms with Crippen molar-refractivity contribution in [1.82, 2.24) is 0 Å². The second-order valence-electron chi connectivity index (χ2n) is 28.6. The van der Waals surface area contributed by atoms with Crippen LogP contribution < -0.4 is 0 Å². The molecule has 536 valence electrons. The Morgan fingerprint density at radius 2 is 0.337 bits per heavy atom. The summed E-state index contributed by atoms with van der Waals surface area (Å²) in [5, 5.41) is 60.0. The molecule has 0 saturated carbocycles. The van der Waals surface area contributed by atoms with Crippen LogP contribution in [0.3, 0.4) is 0 Å². The van der Waals surface area contributed by atoms with Crippen molar-refractivity contribution in [1.29, 1.82) is 0 Å². The Labute approximate surface area is 553 Å². The standard InChI is InChI=1S/4C18H36O2.C6H14O3/c4*1-17(2)15-13-11-9-7-5-3-4-6-8-10-12-14-16-18(19)20;1-2-6(3-7,4-8)5-9/h4*17H,3-16H2,1-2H3,(H,19,20);7-9H,2-5H2,1H3. The fraction of sp³-hybridized carbons (Fsp3) is 0.949. The van der Waals surface area contributed by atoms with Gasteiger partial charge in [0.1, 0.15) is 0 Å². The molecule has 0 bridgehead atoms. The van der Waals surface area contributed by atoms with Crippen LogP contribution in [0.5, 0.6) is 0 Å². The fourth-order valence-electron chi connectivity index (χ4n) is 10.9. The monoisotopic (exact) mass is 1270 g/mol. The summed E-state index contributed by atoms with van der Waals surface area (Å²) < 4.78 is 0. The van der Waals surface area contributed by atoms with Crippen LogP contribution in [0.25, 0.3) is 0 Å². The Bertz CT molecular complexity index is 1180. The zero-order valence-corrected chi connectivity index (χ0v) is 61.0. The summed E-state index contributed by atoms with van der Waals surface area (Å²) >= 11 is 0. The molecule has 0 radical (unpaired) electrons. The van der Waals surface area contributed by atoms with Gasteiger partial charge in [-0.25, -0.2) is 0 Å². The van der Waals surface area contributed by atoms with Crippen LogP contribution in [0.4, 0.5) is 0 Å². The average Bonchev–Trinajstić information content (AvgIpc) is 3.49. The fourth-order valence-corrected chi connectivity index (χ4v) is 10.9. The number of rotatable bonds is 64. The van der Waals surface area contributed by atoms with Crippen LogP contribution >= 0.6 is 0 Å². The summed E-state index contributed by atoms with van der Waals surface area (Å²) in [6, 6.07) is 0. The molecule has 0 aliphatic heterocycles. The third-order valence-electron chi connectivity index (χ3n) is 17.4. The van der Waals surface area contributed by atoms with Gasteiger partial charge in [0.2, 0.25) is 0 Å². The molecule has 89 heavy (non-hydrogen) atoms. The van der Waals surface area contributed by atoms with Gasteiger partial charge in [-0.05, 0) is 55.8 Å². The molecule has 7 N–H and O–H groups in total. The maximum absolute atomic E-state index is 10.3. The molecule has 11 heteroatoms. The normalized spacial score (nSPS) is 11.2. The van der Waals surface area contributed by atoms with Crippen LogP contribution in [0.15, 0.2) is 0 Å². The Morgan fingerprint density at radius 3 is 0.416 bits per heavy atom. The Balaban J connectivity index is -0.000000336. The van der Waals surface area contributed by atoms with Crippen LogP contribution in [0.1, 0.15) is 428 Å². The van der Waals surface area contributed by atoms with Gasteiger partial charge in [-0.3, -0.25) is 19.2 Å². The zero-order valence-electron chi connectivity index (χ0n) is 61.0. The zero-order chi connectivity index (χ0) is 67.5. The van der Waals surface area contributed by atoms with E-state index in [1.807, 2.05) is 6.92 Å².